The van der Waals surface area contributed by atoms with Crippen LogP contribution >= 0.6 is 23.2 Å². The highest BCUT2D eigenvalue weighted by molar-refractivity contribution is 6.23. The molecule has 0 radical (unpaired) electrons. The fraction of sp³-hybridized carbons (Fsp3) is 1.00. The molecule has 0 N–H and O–H groups in total. The van der Waals surface area contributed by atoms with Crippen molar-refractivity contribution in [1.29, 1.82) is 0 Å². The predicted molar refractivity (Wildman–Crippen MR) is 47.1 cm³/mol. The lowest BCUT2D eigenvalue weighted by Crippen LogP contribution is -2.50. The Balaban J connectivity index is 2.55. The molecule has 0 saturated carbocycles. The molecule has 1 saturated heterocycles. The quantitative estimate of drug-likeness (QED) is 0.471. The molecule has 0 aromatic carbocycles. The van der Waals surface area contributed by atoms with E-state index in [-0.39, 0.29) is 11.0 Å². The second kappa shape index (κ2) is 3.94. The molecule has 0 aromatic heterocycles. The summed E-state index contributed by atoms with van der Waals surface area (Å²) in [5.74, 6) is 0. The summed E-state index contributed by atoms with van der Waals surface area (Å²) >= 11 is 12.0. The summed E-state index contributed by atoms with van der Waals surface area (Å²) in [7, 11) is 0. The zero-order valence-electron chi connectivity index (χ0n) is 6.76. The van der Waals surface area contributed by atoms with Crippen LogP contribution in [0, 0.1) is 0 Å². The molecule has 0 aromatic rings. The van der Waals surface area contributed by atoms with Crippen LogP contribution in [0.25, 0.3) is 0 Å². The van der Waals surface area contributed by atoms with E-state index in [1.165, 1.54) is 0 Å². The van der Waals surface area contributed by atoms with Crippen molar-refractivity contribution >= 4 is 23.2 Å². The Kier molecular flexibility index (Phi) is 3.44. The topological polar surface area (TPSA) is 12.5 Å². The van der Waals surface area contributed by atoms with E-state index in [9.17, 15) is 0 Å². The van der Waals surface area contributed by atoms with Crippen LogP contribution in [0.15, 0.2) is 0 Å². The van der Waals surface area contributed by atoms with Gasteiger partial charge < -0.3 is 4.74 Å². The first-order valence-corrected chi connectivity index (χ1v) is 4.63. The van der Waals surface area contributed by atoms with Gasteiger partial charge in [0.1, 0.15) is 11.0 Å². The molecule has 0 amide bonds. The fourth-order valence-electron chi connectivity index (χ4n) is 1.26. The van der Waals surface area contributed by atoms with Crippen LogP contribution < -0.4 is 0 Å². The number of alkyl halides is 2. The predicted octanol–water partition coefficient (Wildman–Crippen LogP) is 1.86. The number of hydrogen-bond acceptors (Lipinski definition) is 2. The third-order valence-electron chi connectivity index (χ3n) is 1.75. The van der Waals surface area contributed by atoms with Gasteiger partial charge in [0.05, 0.1) is 13.2 Å². The van der Waals surface area contributed by atoms with Gasteiger partial charge in [0.2, 0.25) is 0 Å². The summed E-state index contributed by atoms with van der Waals surface area (Å²) in [4.78, 5) is 2.05. The molecular weight excluding hydrogens is 185 g/mol. The summed E-state index contributed by atoms with van der Waals surface area (Å²) in [6.07, 6.45) is 0. The van der Waals surface area contributed by atoms with Gasteiger partial charge in [0, 0.05) is 6.04 Å². The molecule has 1 aliphatic rings. The van der Waals surface area contributed by atoms with E-state index < -0.39 is 0 Å². The van der Waals surface area contributed by atoms with Crippen LogP contribution in [0.4, 0.5) is 0 Å². The Bertz CT molecular complexity index is 122. The second-order valence-corrected chi connectivity index (χ2v) is 3.95. The largest absolute Gasteiger partial charge is 0.376 e. The highest BCUT2D eigenvalue weighted by Crippen LogP contribution is 2.21. The van der Waals surface area contributed by atoms with Crippen molar-refractivity contribution in [2.24, 2.45) is 0 Å². The maximum absolute atomic E-state index is 5.99. The van der Waals surface area contributed by atoms with Crippen LogP contribution in [0.5, 0.6) is 0 Å². The summed E-state index contributed by atoms with van der Waals surface area (Å²) in [6, 6.07) is 0.379. The van der Waals surface area contributed by atoms with Crippen molar-refractivity contribution in [3.63, 3.8) is 0 Å². The zero-order valence-corrected chi connectivity index (χ0v) is 8.27. The van der Waals surface area contributed by atoms with E-state index in [1.54, 1.807) is 0 Å². The first-order chi connectivity index (χ1) is 5.13. The van der Waals surface area contributed by atoms with Gasteiger partial charge in [-0.25, -0.2) is 0 Å². The normalized spacial score (nSPS) is 34.6. The third-order valence-corrected chi connectivity index (χ3v) is 2.46. The second-order valence-electron chi connectivity index (χ2n) is 2.95. The van der Waals surface area contributed by atoms with Gasteiger partial charge in [-0.3, -0.25) is 4.90 Å². The van der Waals surface area contributed by atoms with Crippen molar-refractivity contribution in [2.45, 2.75) is 30.9 Å². The minimum atomic E-state index is -0.0775. The molecule has 2 atom stereocenters. The van der Waals surface area contributed by atoms with Gasteiger partial charge in [-0.2, -0.15) is 0 Å². The summed E-state index contributed by atoms with van der Waals surface area (Å²) < 4.78 is 5.17. The Labute approximate surface area is 77.4 Å². The standard InChI is InChI=1S/C7H13Cl2NO/c1-5(2)10-6(8)3-11-4-7(10)9/h5-7H,3-4H2,1-2H3. The van der Waals surface area contributed by atoms with Gasteiger partial charge in [0.25, 0.3) is 0 Å². The highest BCUT2D eigenvalue weighted by Gasteiger charge is 2.30. The van der Waals surface area contributed by atoms with Gasteiger partial charge in [-0.05, 0) is 13.8 Å². The Morgan fingerprint density at radius 2 is 1.73 bits per heavy atom. The lowest BCUT2D eigenvalue weighted by Gasteiger charge is -2.38. The number of nitrogens with zero attached hydrogens (tertiary/aromatic N) is 1. The maximum Gasteiger partial charge on any atom is 0.110 e. The van der Waals surface area contributed by atoms with Crippen LogP contribution in [0.1, 0.15) is 13.8 Å². The first-order valence-electron chi connectivity index (χ1n) is 3.76. The minimum absolute atomic E-state index is 0.0775. The van der Waals surface area contributed by atoms with Gasteiger partial charge >= 0.3 is 0 Å². The van der Waals surface area contributed by atoms with Crippen molar-refractivity contribution in [3.8, 4) is 0 Å². The van der Waals surface area contributed by atoms with Crippen LogP contribution in [-0.4, -0.2) is 35.2 Å². The number of hydrogen-bond donors (Lipinski definition) is 0. The lowest BCUT2D eigenvalue weighted by molar-refractivity contribution is -0.00819. The lowest BCUT2D eigenvalue weighted by atomic mass is 10.3. The van der Waals surface area contributed by atoms with E-state index >= 15 is 0 Å². The average molecular weight is 198 g/mol. The van der Waals surface area contributed by atoms with E-state index in [0.717, 1.165) is 0 Å². The molecule has 1 heterocycles. The molecule has 1 fully saturated rings. The van der Waals surface area contributed by atoms with E-state index in [2.05, 4.69) is 13.8 Å². The highest BCUT2D eigenvalue weighted by atomic mass is 35.5. The number of ether oxygens (including phenoxy) is 1. The molecule has 1 rings (SSSR count). The summed E-state index contributed by atoms with van der Waals surface area (Å²) in [5, 5.41) is 0. The van der Waals surface area contributed by atoms with Crippen LogP contribution in [0.2, 0.25) is 0 Å². The molecule has 2 nitrogen and oxygen atoms in total. The van der Waals surface area contributed by atoms with Crippen LogP contribution in [-0.2, 0) is 4.74 Å². The van der Waals surface area contributed by atoms with Crippen molar-refractivity contribution in [3.05, 3.63) is 0 Å². The molecule has 11 heavy (non-hydrogen) atoms. The number of halogens is 2. The van der Waals surface area contributed by atoms with E-state index in [1.807, 2.05) is 4.90 Å². The molecule has 66 valence electrons. The van der Waals surface area contributed by atoms with Gasteiger partial charge in [0.15, 0.2) is 0 Å². The van der Waals surface area contributed by atoms with Crippen molar-refractivity contribution in [1.82, 2.24) is 4.90 Å². The molecule has 0 aliphatic carbocycles. The molecular formula is C7H13Cl2NO. The van der Waals surface area contributed by atoms with Gasteiger partial charge in [-0.1, -0.05) is 0 Å². The van der Waals surface area contributed by atoms with Crippen molar-refractivity contribution < 1.29 is 4.74 Å². The average Bonchev–Trinajstić information content (AvgIpc) is 1.85. The van der Waals surface area contributed by atoms with Gasteiger partial charge in [-0.15, -0.1) is 23.2 Å². The summed E-state index contributed by atoms with van der Waals surface area (Å²) in [5.41, 5.74) is -0.155. The SMILES string of the molecule is CC(C)N1C(Cl)COCC1Cl. The molecule has 1 aliphatic heterocycles. The third kappa shape index (κ3) is 2.22. The van der Waals surface area contributed by atoms with Crippen LogP contribution in [0.3, 0.4) is 0 Å². The number of rotatable bonds is 1. The first kappa shape index (κ1) is 9.59. The van der Waals surface area contributed by atoms with E-state index in [4.69, 9.17) is 27.9 Å². The molecule has 0 spiro atoms. The minimum Gasteiger partial charge on any atom is -0.376 e. The molecule has 0 bridgehead atoms. The molecule has 2 unspecified atom stereocenters. The Hall–Kier alpha value is 0.500. The van der Waals surface area contributed by atoms with E-state index in [0.29, 0.717) is 19.3 Å². The smallest absolute Gasteiger partial charge is 0.110 e. The molecule has 4 heteroatoms. The fourth-order valence-corrected chi connectivity index (χ4v) is 2.22. The van der Waals surface area contributed by atoms with Crippen molar-refractivity contribution in [2.75, 3.05) is 13.2 Å². The monoisotopic (exact) mass is 197 g/mol. The Morgan fingerprint density at radius 1 is 1.27 bits per heavy atom. The number of morpholine rings is 1. The maximum atomic E-state index is 5.99. The Morgan fingerprint density at radius 3 is 2.00 bits per heavy atom. The summed E-state index contributed by atoms with van der Waals surface area (Å²) in [6.45, 7) is 5.30. The zero-order chi connectivity index (χ0) is 8.43.